The van der Waals surface area contributed by atoms with Gasteiger partial charge in [0.2, 0.25) is 0 Å². The molecule has 0 bridgehead atoms. The highest BCUT2D eigenvalue weighted by atomic mass is 16.5. The highest BCUT2D eigenvalue weighted by Gasteiger charge is 2.47. The normalized spacial score (nSPS) is 13.2. The van der Waals surface area contributed by atoms with Gasteiger partial charge in [-0.25, -0.2) is 15.0 Å². The third-order valence-electron chi connectivity index (χ3n) is 3.72. The summed E-state index contributed by atoms with van der Waals surface area (Å²) < 4.78 is 0. The lowest BCUT2D eigenvalue weighted by atomic mass is 9.74. The fraction of sp³-hybridized carbons (Fsp3) is 0.583. The summed E-state index contributed by atoms with van der Waals surface area (Å²) in [4.78, 5) is 15.6. The lowest BCUT2D eigenvalue weighted by molar-refractivity contribution is -0.204. The molecular formula is C12H18N4O2. The van der Waals surface area contributed by atoms with E-state index >= 15 is 0 Å². The summed E-state index contributed by atoms with van der Waals surface area (Å²) in [7, 11) is 0. The van der Waals surface area contributed by atoms with Gasteiger partial charge in [-0.05, 0) is 19.8 Å². The third kappa shape index (κ3) is 1.77. The minimum absolute atomic E-state index is 0.416. The predicted molar refractivity (Wildman–Crippen MR) is 66.8 cm³/mol. The molecule has 0 radical (unpaired) electrons. The van der Waals surface area contributed by atoms with Crippen molar-refractivity contribution >= 4 is 11.2 Å². The molecule has 0 amide bonds. The molecule has 2 aromatic rings. The van der Waals surface area contributed by atoms with Crippen molar-refractivity contribution < 1.29 is 10.2 Å². The van der Waals surface area contributed by atoms with Crippen molar-refractivity contribution in [2.45, 2.75) is 44.8 Å². The standard InChI is InChI=1S/C12H18N4O2/c1-4-12(5-2,11(3,17)18)10-13-6-8-9(16-10)15-7-14-8/h6-7,17-18H,4-5H2,1-3H3,(H,13,14,15,16). The third-order valence-corrected chi connectivity index (χ3v) is 3.72. The van der Waals surface area contributed by atoms with Crippen LogP contribution in [0.25, 0.3) is 11.2 Å². The van der Waals surface area contributed by atoms with Gasteiger partial charge in [-0.1, -0.05) is 13.8 Å². The maximum atomic E-state index is 10.1. The molecule has 0 aliphatic heterocycles. The molecule has 18 heavy (non-hydrogen) atoms. The lowest BCUT2D eigenvalue weighted by Gasteiger charge is -2.39. The Bertz CT molecular complexity index is 540. The molecule has 0 atom stereocenters. The van der Waals surface area contributed by atoms with E-state index in [4.69, 9.17) is 0 Å². The summed E-state index contributed by atoms with van der Waals surface area (Å²) in [5, 5.41) is 20.1. The van der Waals surface area contributed by atoms with Crippen molar-refractivity contribution in [1.29, 1.82) is 0 Å². The molecule has 6 nitrogen and oxygen atoms in total. The first kappa shape index (κ1) is 12.9. The van der Waals surface area contributed by atoms with Crippen molar-refractivity contribution in [3.63, 3.8) is 0 Å². The maximum absolute atomic E-state index is 10.1. The fourth-order valence-corrected chi connectivity index (χ4v) is 2.41. The Balaban J connectivity index is 2.60. The number of H-pyrrole nitrogens is 1. The second-order valence-corrected chi connectivity index (χ2v) is 4.64. The summed E-state index contributed by atoms with van der Waals surface area (Å²) in [5.74, 6) is -1.46. The molecule has 6 heteroatoms. The van der Waals surface area contributed by atoms with Crippen LogP contribution < -0.4 is 0 Å². The second kappa shape index (κ2) is 4.29. The summed E-state index contributed by atoms with van der Waals surface area (Å²) in [6.07, 6.45) is 4.22. The van der Waals surface area contributed by atoms with Gasteiger partial charge in [0.15, 0.2) is 11.4 Å². The molecule has 2 aromatic heterocycles. The van der Waals surface area contributed by atoms with Gasteiger partial charge in [-0.15, -0.1) is 0 Å². The van der Waals surface area contributed by atoms with E-state index in [2.05, 4.69) is 19.9 Å². The second-order valence-electron chi connectivity index (χ2n) is 4.64. The Kier molecular flexibility index (Phi) is 3.08. The van der Waals surface area contributed by atoms with E-state index in [0.29, 0.717) is 24.3 Å². The highest BCUT2D eigenvalue weighted by molar-refractivity contribution is 5.68. The van der Waals surface area contributed by atoms with Crippen molar-refractivity contribution in [2.75, 3.05) is 0 Å². The van der Waals surface area contributed by atoms with E-state index in [1.54, 1.807) is 12.5 Å². The number of aliphatic hydroxyl groups is 2. The summed E-state index contributed by atoms with van der Waals surface area (Å²) in [6, 6.07) is 0. The minimum Gasteiger partial charge on any atom is -0.365 e. The average Bonchev–Trinajstić information content (AvgIpc) is 2.76. The molecule has 0 saturated carbocycles. The first-order valence-electron chi connectivity index (χ1n) is 6.06. The van der Waals surface area contributed by atoms with E-state index in [-0.39, 0.29) is 0 Å². The number of rotatable bonds is 4. The molecule has 0 aliphatic rings. The summed E-state index contributed by atoms with van der Waals surface area (Å²) in [6.45, 7) is 5.16. The van der Waals surface area contributed by atoms with Crippen LogP contribution in [0.15, 0.2) is 12.5 Å². The SMILES string of the molecule is CCC(CC)(c1ncc2[nH]cnc2n1)C(C)(O)O. The van der Waals surface area contributed by atoms with Crippen LogP contribution >= 0.6 is 0 Å². The molecule has 0 unspecified atom stereocenters. The van der Waals surface area contributed by atoms with Crippen LogP contribution in [-0.4, -0.2) is 35.9 Å². The Hall–Kier alpha value is -1.53. The van der Waals surface area contributed by atoms with E-state index in [9.17, 15) is 10.2 Å². The molecule has 3 N–H and O–H groups in total. The minimum atomic E-state index is -1.87. The van der Waals surface area contributed by atoms with Crippen LogP contribution in [0.1, 0.15) is 39.4 Å². The predicted octanol–water partition coefficient (Wildman–Crippen LogP) is 1.11. The largest absolute Gasteiger partial charge is 0.365 e. The zero-order valence-electron chi connectivity index (χ0n) is 10.8. The Morgan fingerprint density at radius 3 is 2.44 bits per heavy atom. The maximum Gasteiger partial charge on any atom is 0.180 e. The van der Waals surface area contributed by atoms with E-state index < -0.39 is 11.2 Å². The number of nitrogens with one attached hydrogen (secondary N) is 1. The van der Waals surface area contributed by atoms with E-state index in [0.717, 1.165) is 5.52 Å². The zero-order chi connectivity index (χ0) is 13.4. The molecule has 0 fully saturated rings. The van der Waals surface area contributed by atoms with Crippen LogP contribution in [0, 0.1) is 0 Å². The summed E-state index contributed by atoms with van der Waals surface area (Å²) >= 11 is 0. The number of nitrogens with zero attached hydrogens (tertiary/aromatic N) is 3. The Morgan fingerprint density at radius 2 is 1.89 bits per heavy atom. The molecule has 0 aromatic carbocycles. The van der Waals surface area contributed by atoms with Gasteiger partial charge >= 0.3 is 0 Å². The Labute approximate surface area is 105 Å². The molecule has 0 spiro atoms. The Morgan fingerprint density at radius 1 is 1.22 bits per heavy atom. The van der Waals surface area contributed by atoms with Crippen molar-refractivity contribution in [1.82, 2.24) is 19.9 Å². The van der Waals surface area contributed by atoms with Crippen LogP contribution in [0.4, 0.5) is 0 Å². The smallest absolute Gasteiger partial charge is 0.180 e. The highest BCUT2D eigenvalue weighted by Crippen LogP contribution is 2.38. The van der Waals surface area contributed by atoms with E-state index in [1.165, 1.54) is 6.92 Å². The van der Waals surface area contributed by atoms with Crippen LogP contribution in [-0.2, 0) is 5.41 Å². The molecule has 0 aliphatic carbocycles. The summed E-state index contributed by atoms with van der Waals surface area (Å²) in [5.41, 5.74) is 0.383. The van der Waals surface area contributed by atoms with Gasteiger partial charge in [0.1, 0.15) is 11.3 Å². The molecule has 2 rings (SSSR count). The van der Waals surface area contributed by atoms with Crippen LogP contribution in [0.5, 0.6) is 0 Å². The number of hydrogen-bond donors (Lipinski definition) is 3. The van der Waals surface area contributed by atoms with Crippen molar-refractivity contribution in [2.24, 2.45) is 0 Å². The number of hydrogen-bond acceptors (Lipinski definition) is 5. The van der Waals surface area contributed by atoms with Crippen molar-refractivity contribution in [3.05, 3.63) is 18.3 Å². The van der Waals surface area contributed by atoms with Crippen LogP contribution in [0.3, 0.4) is 0 Å². The number of aromatic amines is 1. The topological polar surface area (TPSA) is 94.9 Å². The van der Waals surface area contributed by atoms with E-state index in [1.807, 2.05) is 13.8 Å². The van der Waals surface area contributed by atoms with Crippen molar-refractivity contribution in [3.8, 4) is 0 Å². The molecular weight excluding hydrogens is 232 g/mol. The van der Waals surface area contributed by atoms with Gasteiger partial charge in [-0.2, -0.15) is 0 Å². The number of aromatic nitrogens is 4. The lowest BCUT2D eigenvalue weighted by Crippen LogP contribution is -2.50. The van der Waals surface area contributed by atoms with Gasteiger partial charge in [0, 0.05) is 0 Å². The van der Waals surface area contributed by atoms with Gasteiger partial charge < -0.3 is 15.2 Å². The molecule has 98 valence electrons. The first-order chi connectivity index (χ1) is 8.44. The van der Waals surface area contributed by atoms with Gasteiger partial charge in [0.05, 0.1) is 17.9 Å². The average molecular weight is 250 g/mol. The molecule has 0 saturated heterocycles. The quantitative estimate of drug-likeness (QED) is 0.706. The number of imidazole rings is 1. The monoisotopic (exact) mass is 250 g/mol. The van der Waals surface area contributed by atoms with Crippen LogP contribution in [0.2, 0.25) is 0 Å². The first-order valence-corrected chi connectivity index (χ1v) is 6.06. The van der Waals surface area contributed by atoms with Gasteiger partial charge in [-0.3, -0.25) is 0 Å². The molecule has 2 heterocycles. The number of fused-ring (bicyclic) bond motifs is 1. The fourth-order valence-electron chi connectivity index (χ4n) is 2.41. The zero-order valence-corrected chi connectivity index (χ0v) is 10.8. The van der Waals surface area contributed by atoms with Gasteiger partial charge in [0.25, 0.3) is 0 Å².